The molecule has 0 aromatic heterocycles. The highest BCUT2D eigenvalue weighted by atomic mass is 16.6. The Balaban J connectivity index is 1.51. The number of terminal acetylenes is 1. The predicted octanol–water partition coefficient (Wildman–Crippen LogP) is 3.92. The van der Waals surface area contributed by atoms with Crippen molar-refractivity contribution >= 4 is 11.8 Å². The highest BCUT2D eigenvalue weighted by Gasteiger charge is 2.77. The van der Waals surface area contributed by atoms with Gasteiger partial charge in [0.05, 0.1) is 0 Å². The lowest BCUT2D eigenvalue weighted by atomic mass is 9.49. The summed E-state index contributed by atoms with van der Waals surface area (Å²) in [6.07, 6.45) is 15.3. The minimum atomic E-state index is -0.697. The van der Waals surface area contributed by atoms with E-state index in [2.05, 4.69) is 12.8 Å². The smallest absolute Gasteiger partial charge is 0.304 e. The molecule has 0 saturated heterocycles. The fraction of sp³-hybridized carbons (Fsp3) is 0.739. The number of fused-ring (bicyclic) bond motifs is 7. The van der Waals surface area contributed by atoms with Crippen molar-refractivity contribution in [1.82, 2.24) is 0 Å². The van der Waals surface area contributed by atoms with Crippen LogP contribution in [0.5, 0.6) is 0 Å². The van der Waals surface area contributed by atoms with Gasteiger partial charge in [0.15, 0.2) is 11.4 Å². The third kappa shape index (κ3) is 1.91. The van der Waals surface area contributed by atoms with Crippen LogP contribution in [0.1, 0.15) is 58.8 Å². The highest BCUT2D eigenvalue weighted by molar-refractivity contribution is 5.91. The summed E-state index contributed by atoms with van der Waals surface area (Å²) in [5.74, 6) is 6.59. The lowest BCUT2D eigenvalue weighted by molar-refractivity contribution is -0.174. The average Bonchev–Trinajstić information content (AvgIpc) is 3.35. The Morgan fingerprint density at radius 2 is 2.04 bits per heavy atom. The van der Waals surface area contributed by atoms with Gasteiger partial charge in [-0.1, -0.05) is 18.4 Å². The molecule has 5 aliphatic carbocycles. The second-order valence-electron chi connectivity index (χ2n) is 9.66. The third-order valence-electron chi connectivity index (χ3n) is 8.74. The van der Waals surface area contributed by atoms with E-state index in [1.54, 1.807) is 0 Å². The number of carbonyl (C=O) groups excluding carboxylic acids is 2. The van der Waals surface area contributed by atoms with Crippen LogP contribution in [-0.2, 0) is 14.3 Å². The molecular weight excluding hydrogens is 324 g/mol. The van der Waals surface area contributed by atoms with E-state index in [1.165, 1.54) is 18.9 Å². The van der Waals surface area contributed by atoms with Gasteiger partial charge in [0.1, 0.15) is 0 Å². The van der Waals surface area contributed by atoms with E-state index in [-0.39, 0.29) is 11.4 Å². The van der Waals surface area contributed by atoms with E-state index >= 15 is 0 Å². The van der Waals surface area contributed by atoms with E-state index in [4.69, 9.17) is 11.2 Å². The largest absolute Gasteiger partial charge is 0.445 e. The second kappa shape index (κ2) is 5.24. The summed E-state index contributed by atoms with van der Waals surface area (Å²) in [5.41, 5.74) is 0.630. The van der Waals surface area contributed by atoms with Crippen LogP contribution < -0.4 is 0 Å². The zero-order valence-corrected chi connectivity index (χ0v) is 15.8. The number of carbonyl (C=O) groups is 2. The average molecular weight is 352 g/mol. The molecule has 0 heterocycles. The Morgan fingerprint density at radius 3 is 2.77 bits per heavy atom. The Morgan fingerprint density at radius 1 is 1.23 bits per heavy atom. The molecular formula is C23H28O3. The van der Waals surface area contributed by atoms with Crippen molar-refractivity contribution in [2.45, 2.75) is 64.4 Å². The van der Waals surface area contributed by atoms with E-state index in [1.807, 2.05) is 6.08 Å². The molecule has 3 heteroatoms. The van der Waals surface area contributed by atoms with Crippen molar-refractivity contribution < 1.29 is 14.3 Å². The summed E-state index contributed by atoms with van der Waals surface area (Å²) < 4.78 is 5.94. The van der Waals surface area contributed by atoms with E-state index < -0.39 is 5.60 Å². The standard InChI is InChI=1S/C23H28O3/c1-4-23(26-13(2)24)20-12-19(20)21-18-7-5-14-11-15(25)6-8-16(14)17(18)9-10-22(21,23)3/h1,11,16-21H,5-10,12H2,2-3H3/t16-,17+,18+,19-,20+,21+,22-,23-/m0/s1. The van der Waals surface area contributed by atoms with Crippen molar-refractivity contribution in [3.8, 4) is 12.3 Å². The molecule has 5 aliphatic rings. The van der Waals surface area contributed by atoms with Gasteiger partial charge in [-0.15, -0.1) is 6.42 Å². The molecule has 5 rings (SSSR count). The molecule has 0 amide bonds. The first-order chi connectivity index (χ1) is 12.4. The maximum absolute atomic E-state index is 11.9. The molecule has 4 saturated carbocycles. The van der Waals surface area contributed by atoms with E-state index in [0.717, 1.165) is 32.1 Å². The zero-order chi connectivity index (χ0) is 18.3. The van der Waals surface area contributed by atoms with Crippen molar-refractivity contribution in [3.63, 3.8) is 0 Å². The zero-order valence-electron chi connectivity index (χ0n) is 15.8. The number of rotatable bonds is 1. The van der Waals surface area contributed by atoms with Crippen molar-refractivity contribution in [3.05, 3.63) is 11.6 Å². The van der Waals surface area contributed by atoms with Crippen LogP contribution >= 0.6 is 0 Å². The molecule has 0 aromatic rings. The number of esters is 1. The number of hydrogen-bond acceptors (Lipinski definition) is 3. The van der Waals surface area contributed by atoms with Crippen LogP contribution in [0.3, 0.4) is 0 Å². The first-order valence-corrected chi connectivity index (χ1v) is 10.3. The quantitative estimate of drug-likeness (QED) is 0.531. The minimum absolute atomic E-state index is 0.0894. The number of ketones is 1. The normalized spacial score (nSPS) is 51.1. The topological polar surface area (TPSA) is 43.4 Å². The second-order valence-corrected chi connectivity index (χ2v) is 9.66. The van der Waals surface area contributed by atoms with Crippen molar-refractivity contribution in [1.29, 1.82) is 0 Å². The van der Waals surface area contributed by atoms with Crippen LogP contribution in [0.2, 0.25) is 0 Å². The minimum Gasteiger partial charge on any atom is -0.445 e. The summed E-state index contributed by atoms with van der Waals surface area (Å²) in [6.45, 7) is 3.80. The van der Waals surface area contributed by atoms with Crippen molar-refractivity contribution in [2.24, 2.45) is 40.9 Å². The Kier molecular flexibility index (Phi) is 3.35. The van der Waals surface area contributed by atoms with Gasteiger partial charge < -0.3 is 4.74 Å². The number of ether oxygens (including phenoxy) is 1. The molecule has 8 atom stereocenters. The molecule has 138 valence electrons. The maximum atomic E-state index is 11.9. The molecule has 4 fully saturated rings. The predicted molar refractivity (Wildman–Crippen MR) is 97.8 cm³/mol. The van der Waals surface area contributed by atoms with E-state index in [0.29, 0.717) is 47.7 Å². The van der Waals surface area contributed by atoms with Gasteiger partial charge in [-0.2, -0.15) is 0 Å². The lowest BCUT2D eigenvalue weighted by Crippen LogP contribution is -2.56. The number of allylic oxidation sites excluding steroid dienone is 1. The molecule has 0 radical (unpaired) electrons. The molecule has 0 bridgehead atoms. The fourth-order valence-corrected chi connectivity index (χ4v) is 7.87. The third-order valence-corrected chi connectivity index (χ3v) is 8.74. The Labute approximate surface area is 155 Å². The van der Waals surface area contributed by atoms with Crippen LogP contribution in [-0.4, -0.2) is 17.4 Å². The van der Waals surface area contributed by atoms with Gasteiger partial charge in [0.2, 0.25) is 0 Å². The summed E-state index contributed by atoms with van der Waals surface area (Å²) in [7, 11) is 0. The molecule has 0 aromatic carbocycles. The van der Waals surface area contributed by atoms with Gasteiger partial charge in [0, 0.05) is 24.7 Å². The summed E-state index contributed by atoms with van der Waals surface area (Å²) in [4.78, 5) is 23.7. The summed E-state index contributed by atoms with van der Waals surface area (Å²) in [6, 6.07) is 0. The van der Waals surface area contributed by atoms with Crippen LogP contribution in [0, 0.1) is 53.3 Å². The molecule has 0 N–H and O–H groups in total. The Bertz CT molecular complexity index is 758. The van der Waals surface area contributed by atoms with Gasteiger partial charge in [-0.05, 0) is 74.2 Å². The molecule has 0 unspecified atom stereocenters. The van der Waals surface area contributed by atoms with Crippen molar-refractivity contribution in [2.75, 3.05) is 0 Å². The SMILES string of the molecule is C#C[C@]1(OC(C)=O)[C@@H]2C[C@@H]2[C@H]2[C@@H]3CCC4=CC(=O)CC[C@@H]4[C@H]3CC[C@@]21C. The Hall–Kier alpha value is -1.56. The van der Waals surface area contributed by atoms with Gasteiger partial charge in [0.25, 0.3) is 0 Å². The van der Waals surface area contributed by atoms with Gasteiger partial charge in [-0.25, -0.2) is 0 Å². The van der Waals surface area contributed by atoms with Crippen LogP contribution in [0.4, 0.5) is 0 Å². The fourth-order valence-electron chi connectivity index (χ4n) is 7.87. The van der Waals surface area contributed by atoms with Gasteiger partial charge in [-0.3, -0.25) is 9.59 Å². The lowest BCUT2D eigenvalue weighted by Gasteiger charge is -2.56. The van der Waals surface area contributed by atoms with E-state index in [9.17, 15) is 9.59 Å². The molecule has 0 aliphatic heterocycles. The monoisotopic (exact) mass is 352 g/mol. The maximum Gasteiger partial charge on any atom is 0.304 e. The highest BCUT2D eigenvalue weighted by Crippen LogP contribution is 2.76. The summed E-state index contributed by atoms with van der Waals surface area (Å²) in [5, 5.41) is 0. The first-order valence-electron chi connectivity index (χ1n) is 10.3. The number of hydrogen-bond donors (Lipinski definition) is 0. The summed E-state index contributed by atoms with van der Waals surface area (Å²) >= 11 is 0. The molecule has 3 nitrogen and oxygen atoms in total. The van der Waals surface area contributed by atoms with Crippen LogP contribution in [0.25, 0.3) is 0 Å². The van der Waals surface area contributed by atoms with Crippen LogP contribution in [0.15, 0.2) is 11.6 Å². The molecule has 0 spiro atoms. The van der Waals surface area contributed by atoms with Gasteiger partial charge >= 0.3 is 5.97 Å². The first kappa shape index (κ1) is 16.6. The molecule has 26 heavy (non-hydrogen) atoms.